The van der Waals surface area contributed by atoms with Crippen LogP contribution < -0.4 is 5.18 Å². The second-order valence-corrected chi connectivity index (χ2v) is 2.92. The molecule has 0 aliphatic carbocycles. The Morgan fingerprint density at radius 3 is 2.87 bits per heavy atom. The topological polar surface area (TPSA) is 70.5 Å². The Morgan fingerprint density at radius 2 is 2.20 bits per heavy atom. The number of nitroso groups, excluding NO2 is 1. The predicted molar refractivity (Wildman–Crippen MR) is 51.5 cm³/mol. The molecular formula is C10H8NO4+. The van der Waals surface area contributed by atoms with Gasteiger partial charge in [0.2, 0.25) is 5.58 Å². The van der Waals surface area contributed by atoms with Gasteiger partial charge in [-0.25, -0.2) is 4.79 Å². The fourth-order valence-electron chi connectivity index (χ4n) is 1.43. The molecule has 5 nitrogen and oxygen atoms in total. The van der Waals surface area contributed by atoms with Crippen molar-refractivity contribution in [2.75, 3.05) is 7.11 Å². The summed E-state index contributed by atoms with van der Waals surface area (Å²) in [5.74, 6) is -0.459. The highest BCUT2D eigenvalue weighted by molar-refractivity contribution is 6.05. The van der Waals surface area contributed by atoms with Crippen LogP contribution >= 0.6 is 0 Å². The van der Waals surface area contributed by atoms with E-state index >= 15 is 0 Å². The molecule has 0 saturated carbocycles. The lowest BCUT2D eigenvalue weighted by Crippen LogP contribution is -2.55. The maximum absolute atomic E-state index is 11.4. The normalized spacial score (nSPS) is 10.2. The summed E-state index contributed by atoms with van der Waals surface area (Å²) in [6.07, 6.45) is 1.41. The van der Waals surface area contributed by atoms with Gasteiger partial charge in [-0.3, -0.25) is 0 Å². The van der Waals surface area contributed by atoms with Crippen LogP contribution in [0.15, 0.2) is 28.9 Å². The molecular weight excluding hydrogens is 198 g/mol. The van der Waals surface area contributed by atoms with Crippen LogP contribution in [0.3, 0.4) is 0 Å². The van der Waals surface area contributed by atoms with Crippen LogP contribution in [-0.2, 0) is 4.74 Å². The van der Waals surface area contributed by atoms with Crippen LogP contribution in [0.5, 0.6) is 0 Å². The molecule has 5 heteroatoms. The minimum Gasteiger partial charge on any atom is -0.465 e. The minimum absolute atomic E-state index is 0.294. The van der Waals surface area contributed by atoms with Crippen LogP contribution in [0.1, 0.15) is 10.4 Å². The molecule has 76 valence electrons. The molecule has 1 N–H and O–H groups in total. The number of benzene rings is 1. The average molecular weight is 206 g/mol. The first-order valence-corrected chi connectivity index (χ1v) is 4.24. The zero-order valence-corrected chi connectivity index (χ0v) is 7.94. The molecule has 15 heavy (non-hydrogen) atoms. The molecule has 0 atom stereocenters. The Balaban J connectivity index is 2.73. The van der Waals surface area contributed by atoms with Crippen LogP contribution in [0.25, 0.3) is 11.0 Å². The van der Waals surface area contributed by atoms with Crippen molar-refractivity contribution in [3.05, 3.63) is 34.9 Å². The smallest absolute Gasteiger partial charge is 0.338 e. The maximum Gasteiger partial charge on any atom is 0.338 e. The number of hydrogen-bond donors (Lipinski definition) is 1. The Bertz CT molecular complexity index is 529. The summed E-state index contributed by atoms with van der Waals surface area (Å²) in [4.78, 5) is 21.9. The van der Waals surface area contributed by atoms with Crippen molar-refractivity contribution in [1.82, 2.24) is 0 Å². The third-order valence-electron chi connectivity index (χ3n) is 2.13. The summed E-state index contributed by atoms with van der Waals surface area (Å²) in [6.45, 7) is 0. The molecule has 0 aliphatic rings. The van der Waals surface area contributed by atoms with Crippen LogP contribution in [-0.4, -0.2) is 13.1 Å². The molecule has 2 rings (SSSR count). The Morgan fingerprint density at radius 1 is 1.40 bits per heavy atom. The number of carbonyl (C=O) groups excluding carboxylic acids is 1. The predicted octanol–water partition coefficient (Wildman–Crippen LogP) is 0.698. The largest absolute Gasteiger partial charge is 0.465 e. The van der Waals surface area contributed by atoms with Gasteiger partial charge in [-0.05, 0) is 12.1 Å². The number of hydrogen-bond acceptors (Lipinski definition) is 4. The lowest BCUT2D eigenvalue weighted by atomic mass is 10.1. The fourth-order valence-corrected chi connectivity index (χ4v) is 1.43. The van der Waals surface area contributed by atoms with E-state index in [1.807, 2.05) is 0 Å². The van der Waals surface area contributed by atoms with Gasteiger partial charge in [0.25, 0.3) is 5.69 Å². The summed E-state index contributed by atoms with van der Waals surface area (Å²) in [6, 6.07) is 4.61. The number of methoxy groups -OCH3 is 1. The lowest BCUT2D eigenvalue weighted by Gasteiger charge is -1.98. The van der Waals surface area contributed by atoms with E-state index in [4.69, 9.17) is 4.42 Å². The molecule has 0 unspecified atom stereocenters. The van der Waals surface area contributed by atoms with Gasteiger partial charge >= 0.3 is 5.97 Å². The van der Waals surface area contributed by atoms with Crippen LogP contribution in [0.2, 0.25) is 0 Å². The summed E-state index contributed by atoms with van der Waals surface area (Å²) in [5.41, 5.74) is 1.02. The molecule has 2 aromatic rings. The Kier molecular flexibility index (Phi) is 2.21. The number of fused-ring (bicyclic) bond motifs is 1. The van der Waals surface area contributed by atoms with Crippen molar-refractivity contribution in [1.29, 1.82) is 0 Å². The number of esters is 1. The van der Waals surface area contributed by atoms with Crippen molar-refractivity contribution in [3.8, 4) is 0 Å². The highest BCUT2D eigenvalue weighted by Crippen LogP contribution is 2.25. The fraction of sp³-hybridized carbons (Fsp3) is 0.100. The third-order valence-corrected chi connectivity index (χ3v) is 2.13. The van der Waals surface area contributed by atoms with Crippen molar-refractivity contribution < 1.29 is 19.1 Å². The van der Waals surface area contributed by atoms with E-state index in [1.54, 1.807) is 11.2 Å². The average Bonchev–Trinajstić information content (AvgIpc) is 2.75. The number of ether oxygens (including phenoxy) is 1. The van der Waals surface area contributed by atoms with Gasteiger partial charge in [0, 0.05) is 21.5 Å². The van der Waals surface area contributed by atoms with E-state index in [2.05, 4.69) is 4.74 Å². The van der Waals surface area contributed by atoms with E-state index in [1.165, 1.54) is 25.5 Å². The highest BCUT2D eigenvalue weighted by atomic mass is 16.5. The van der Waals surface area contributed by atoms with Gasteiger partial charge < -0.3 is 9.15 Å². The zero-order chi connectivity index (χ0) is 10.8. The van der Waals surface area contributed by atoms with Crippen molar-refractivity contribution in [2.24, 2.45) is 0 Å². The number of rotatable bonds is 2. The van der Waals surface area contributed by atoms with Gasteiger partial charge in [0.05, 0.1) is 18.9 Å². The van der Waals surface area contributed by atoms with Gasteiger partial charge in [-0.1, -0.05) is 0 Å². The monoisotopic (exact) mass is 206 g/mol. The number of carbonyl (C=O) groups is 1. The summed E-state index contributed by atoms with van der Waals surface area (Å²) in [7, 11) is 1.30. The SMILES string of the molecule is COC(=O)c1ccc([NH+]=O)c2occc12. The first-order valence-electron chi connectivity index (χ1n) is 4.24. The first kappa shape index (κ1) is 9.39. The summed E-state index contributed by atoms with van der Waals surface area (Å²) >= 11 is 0. The van der Waals surface area contributed by atoms with E-state index in [9.17, 15) is 9.70 Å². The molecule has 0 fully saturated rings. The van der Waals surface area contributed by atoms with E-state index < -0.39 is 5.97 Å². The minimum atomic E-state index is -0.459. The molecule has 0 spiro atoms. The third kappa shape index (κ3) is 1.38. The standard InChI is InChI=1S/C10H7NO4/c1-14-10(12)7-2-3-8(11-13)9-6(7)4-5-15-9/h2-5H,1H3/p+1. The molecule has 0 aliphatic heterocycles. The van der Waals surface area contributed by atoms with Gasteiger partial charge in [0.1, 0.15) is 0 Å². The molecule has 0 bridgehead atoms. The summed E-state index contributed by atoms with van der Waals surface area (Å²) < 4.78 is 9.71. The molecule has 0 saturated heterocycles. The van der Waals surface area contributed by atoms with Crippen molar-refractivity contribution in [2.45, 2.75) is 0 Å². The van der Waals surface area contributed by atoms with Crippen LogP contribution in [0.4, 0.5) is 5.69 Å². The lowest BCUT2D eigenvalue weighted by molar-refractivity contribution is -0.378. The highest BCUT2D eigenvalue weighted by Gasteiger charge is 2.17. The number of nitrogens with one attached hydrogen (secondary N) is 1. The second-order valence-electron chi connectivity index (χ2n) is 2.92. The van der Waals surface area contributed by atoms with E-state index in [0.717, 1.165) is 0 Å². The molecule has 0 amide bonds. The van der Waals surface area contributed by atoms with E-state index in [0.29, 0.717) is 22.2 Å². The second kappa shape index (κ2) is 3.53. The molecule has 1 heterocycles. The summed E-state index contributed by atoms with van der Waals surface area (Å²) in [5, 5.41) is 2.30. The van der Waals surface area contributed by atoms with Crippen molar-refractivity contribution in [3.63, 3.8) is 0 Å². The van der Waals surface area contributed by atoms with Crippen molar-refractivity contribution >= 4 is 22.6 Å². The van der Waals surface area contributed by atoms with Gasteiger partial charge in [0.15, 0.2) is 0 Å². The number of furan rings is 1. The quantitative estimate of drug-likeness (QED) is 0.734. The molecule has 1 aromatic heterocycles. The Labute approximate surface area is 84.6 Å². The van der Waals surface area contributed by atoms with Gasteiger partial charge in [-0.15, -0.1) is 0 Å². The van der Waals surface area contributed by atoms with Gasteiger partial charge in [-0.2, -0.15) is 0 Å². The van der Waals surface area contributed by atoms with Crippen LogP contribution in [0, 0.1) is 4.91 Å². The Hall–Kier alpha value is -2.17. The molecule has 1 aromatic carbocycles. The zero-order valence-electron chi connectivity index (χ0n) is 7.94. The molecule has 0 radical (unpaired) electrons. The first-order chi connectivity index (χ1) is 7.27. The van der Waals surface area contributed by atoms with E-state index in [-0.39, 0.29) is 0 Å². The maximum atomic E-state index is 11.4.